The Hall–Kier alpha value is -3.53. The quantitative estimate of drug-likeness (QED) is 0.435. The Morgan fingerprint density at radius 1 is 1.21 bits per heavy atom. The molecule has 1 unspecified atom stereocenters. The third-order valence-corrected chi connectivity index (χ3v) is 7.17. The van der Waals surface area contributed by atoms with E-state index in [4.69, 9.17) is 15.5 Å². The fourth-order valence-electron chi connectivity index (χ4n) is 5.05. The van der Waals surface area contributed by atoms with Crippen LogP contribution in [0.2, 0.25) is 0 Å². The lowest BCUT2D eigenvalue weighted by molar-refractivity contribution is 0.0559. The third-order valence-electron chi connectivity index (χ3n) is 7.17. The molecule has 1 spiro atoms. The molecule has 10 heteroatoms. The number of hydrogen-bond donors (Lipinski definition) is 3. The van der Waals surface area contributed by atoms with Gasteiger partial charge < -0.3 is 25.7 Å². The van der Waals surface area contributed by atoms with Crippen LogP contribution in [0.3, 0.4) is 0 Å². The van der Waals surface area contributed by atoms with Crippen molar-refractivity contribution in [2.75, 3.05) is 30.4 Å². The summed E-state index contributed by atoms with van der Waals surface area (Å²) in [7, 11) is 1.77. The predicted octanol–water partition coefficient (Wildman–Crippen LogP) is 3.42. The van der Waals surface area contributed by atoms with Gasteiger partial charge in [0, 0.05) is 37.0 Å². The topological polar surface area (TPSA) is 118 Å². The first-order valence-electron chi connectivity index (χ1n) is 11.1. The first-order chi connectivity index (χ1) is 15.9. The second-order valence-electron chi connectivity index (χ2n) is 9.14. The summed E-state index contributed by atoms with van der Waals surface area (Å²) in [6.07, 6.45) is 5.35. The number of halogens is 1. The minimum absolute atomic E-state index is 0.144. The fraction of sp³-hybridized carbons (Fsp3) is 0.391. The van der Waals surface area contributed by atoms with E-state index in [1.165, 1.54) is 6.07 Å². The zero-order valence-electron chi connectivity index (χ0n) is 18.7. The molecule has 4 aromatic rings. The van der Waals surface area contributed by atoms with Crippen molar-refractivity contribution in [1.82, 2.24) is 24.9 Å². The number of aryl methyl sites for hydroxylation is 2. The van der Waals surface area contributed by atoms with Gasteiger partial charge in [-0.05, 0) is 38.3 Å². The van der Waals surface area contributed by atoms with Crippen LogP contribution in [0.25, 0.3) is 21.9 Å². The summed E-state index contributed by atoms with van der Waals surface area (Å²) < 4.78 is 20.7. The molecule has 4 heterocycles. The Balaban J connectivity index is 1.53. The molecule has 0 bridgehead atoms. The molecule has 2 fully saturated rings. The van der Waals surface area contributed by atoms with Crippen molar-refractivity contribution in [2.24, 2.45) is 11.1 Å². The average Bonchev–Trinajstić information content (AvgIpc) is 3.15. The maximum absolute atomic E-state index is 14.8. The summed E-state index contributed by atoms with van der Waals surface area (Å²) in [6.45, 7) is 5.21. The van der Waals surface area contributed by atoms with E-state index < -0.39 is 0 Å². The van der Waals surface area contributed by atoms with E-state index in [9.17, 15) is 4.39 Å². The molecular weight excluding hydrogens is 423 g/mol. The maximum Gasteiger partial charge on any atom is 0.326 e. The SMILES string of the molecule is CNc1cc(F)c(C)c2c1[nH]c1nc(Oc3cnc(C)nc3)nc(N3CC4(CCC4N)C3)c12. The van der Waals surface area contributed by atoms with Crippen LogP contribution in [0, 0.1) is 25.1 Å². The zero-order valence-corrected chi connectivity index (χ0v) is 18.7. The Bertz CT molecular complexity index is 1390. The van der Waals surface area contributed by atoms with E-state index in [0.29, 0.717) is 28.5 Å². The summed E-state index contributed by atoms with van der Waals surface area (Å²) in [5.74, 6) is 1.53. The van der Waals surface area contributed by atoms with Crippen molar-refractivity contribution >= 4 is 33.4 Å². The number of H-pyrrole nitrogens is 1. The molecule has 1 atom stereocenters. The molecule has 2 aliphatic rings. The highest BCUT2D eigenvalue weighted by Gasteiger charge is 2.54. The normalized spacial score (nSPS) is 19.1. The zero-order chi connectivity index (χ0) is 22.9. The van der Waals surface area contributed by atoms with E-state index in [1.807, 2.05) is 0 Å². The Kier molecular flexibility index (Phi) is 4.25. The van der Waals surface area contributed by atoms with Crippen LogP contribution in [0.15, 0.2) is 18.5 Å². The van der Waals surface area contributed by atoms with Gasteiger partial charge >= 0.3 is 6.01 Å². The molecule has 1 aliphatic carbocycles. The van der Waals surface area contributed by atoms with E-state index in [-0.39, 0.29) is 23.3 Å². The van der Waals surface area contributed by atoms with Gasteiger partial charge in [-0.15, -0.1) is 0 Å². The Morgan fingerprint density at radius 2 is 1.97 bits per heavy atom. The van der Waals surface area contributed by atoms with Crippen LogP contribution in [0.1, 0.15) is 24.2 Å². The molecule has 1 aliphatic heterocycles. The van der Waals surface area contributed by atoms with Crippen LogP contribution < -0.4 is 20.7 Å². The summed E-state index contributed by atoms with van der Waals surface area (Å²) >= 11 is 0. The molecule has 6 rings (SSSR count). The number of aromatic amines is 1. The number of anilines is 2. The number of nitrogens with one attached hydrogen (secondary N) is 2. The van der Waals surface area contributed by atoms with Gasteiger partial charge in [-0.2, -0.15) is 9.97 Å². The number of rotatable bonds is 4. The van der Waals surface area contributed by atoms with Gasteiger partial charge in [0.15, 0.2) is 5.75 Å². The summed E-state index contributed by atoms with van der Waals surface area (Å²) in [6, 6.07) is 1.89. The second kappa shape index (κ2) is 6.98. The van der Waals surface area contributed by atoms with Crippen molar-refractivity contribution in [3.63, 3.8) is 0 Å². The number of ether oxygens (including phenoxy) is 1. The lowest BCUT2D eigenvalue weighted by Crippen LogP contribution is -2.69. The van der Waals surface area contributed by atoms with Crippen LogP contribution in [-0.2, 0) is 0 Å². The lowest BCUT2D eigenvalue weighted by atomic mass is 9.60. The molecule has 1 saturated carbocycles. The van der Waals surface area contributed by atoms with Gasteiger partial charge in [0.2, 0.25) is 0 Å². The second-order valence-corrected chi connectivity index (χ2v) is 9.14. The first-order valence-corrected chi connectivity index (χ1v) is 11.1. The van der Waals surface area contributed by atoms with Crippen LogP contribution in [0.5, 0.6) is 11.8 Å². The van der Waals surface area contributed by atoms with Crippen LogP contribution in [-0.4, -0.2) is 51.1 Å². The number of nitrogens with two attached hydrogens (primary N) is 1. The van der Waals surface area contributed by atoms with Gasteiger partial charge in [-0.1, -0.05) is 0 Å². The van der Waals surface area contributed by atoms with E-state index in [2.05, 4.69) is 30.2 Å². The monoisotopic (exact) mass is 448 g/mol. The molecular formula is C23H25FN8O. The minimum atomic E-state index is -0.281. The van der Waals surface area contributed by atoms with Crippen molar-refractivity contribution in [2.45, 2.75) is 32.7 Å². The van der Waals surface area contributed by atoms with Crippen molar-refractivity contribution in [3.8, 4) is 11.8 Å². The van der Waals surface area contributed by atoms with Crippen LogP contribution in [0.4, 0.5) is 15.9 Å². The highest BCUT2D eigenvalue weighted by atomic mass is 19.1. The van der Waals surface area contributed by atoms with Gasteiger partial charge in [-0.25, -0.2) is 14.4 Å². The van der Waals surface area contributed by atoms with E-state index >= 15 is 0 Å². The molecule has 4 N–H and O–H groups in total. The van der Waals surface area contributed by atoms with Crippen molar-refractivity contribution in [1.29, 1.82) is 0 Å². The molecule has 0 amide bonds. The van der Waals surface area contributed by atoms with Crippen molar-refractivity contribution < 1.29 is 9.13 Å². The summed E-state index contributed by atoms with van der Waals surface area (Å²) in [4.78, 5) is 23.3. The molecule has 9 nitrogen and oxygen atoms in total. The van der Waals surface area contributed by atoms with E-state index in [1.54, 1.807) is 33.3 Å². The summed E-state index contributed by atoms with van der Waals surface area (Å²) in [5, 5.41) is 4.63. The third kappa shape index (κ3) is 2.93. The predicted molar refractivity (Wildman–Crippen MR) is 124 cm³/mol. The minimum Gasteiger partial charge on any atom is -0.421 e. The largest absolute Gasteiger partial charge is 0.421 e. The number of fused-ring (bicyclic) bond motifs is 3. The standard InChI is InChI=1S/C23H25FN8O/c1-11-14(24)6-15(26-3)19-17(11)18-20(29-19)30-22(33-13-7-27-12(2)28-8-13)31-21(18)32-9-23(10-32)5-4-16(23)25/h6-8,16,26H,4-5,9-10,25H2,1-3H3,(H,29,30,31). The highest BCUT2D eigenvalue weighted by Crippen LogP contribution is 2.50. The number of benzene rings is 1. The lowest BCUT2D eigenvalue weighted by Gasteiger charge is -2.60. The van der Waals surface area contributed by atoms with Gasteiger partial charge in [0.25, 0.3) is 0 Å². The molecule has 1 aromatic carbocycles. The Labute approximate surface area is 189 Å². The molecule has 1 saturated heterocycles. The van der Waals surface area contributed by atoms with E-state index in [0.717, 1.165) is 48.0 Å². The number of hydrogen-bond acceptors (Lipinski definition) is 8. The van der Waals surface area contributed by atoms with Crippen LogP contribution >= 0.6 is 0 Å². The van der Waals surface area contributed by atoms with Gasteiger partial charge in [0.1, 0.15) is 23.1 Å². The molecule has 3 aromatic heterocycles. The van der Waals surface area contributed by atoms with Crippen molar-refractivity contribution in [3.05, 3.63) is 35.7 Å². The number of nitrogens with zero attached hydrogens (tertiary/aromatic N) is 5. The fourth-order valence-corrected chi connectivity index (χ4v) is 5.05. The maximum atomic E-state index is 14.8. The van der Waals surface area contributed by atoms with Gasteiger partial charge in [0.05, 0.1) is 29.0 Å². The molecule has 33 heavy (non-hydrogen) atoms. The first kappa shape index (κ1) is 20.1. The number of aromatic nitrogens is 5. The Morgan fingerprint density at radius 3 is 2.61 bits per heavy atom. The average molecular weight is 449 g/mol. The molecule has 0 radical (unpaired) electrons. The smallest absolute Gasteiger partial charge is 0.326 e. The summed E-state index contributed by atoms with van der Waals surface area (Å²) in [5.41, 5.74) is 9.03. The highest BCUT2D eigenvalue weighted by molar-refractivity contribution is 6.16. The molecule has 170 valence electrons. The van der Waals surface area contributed by atoms with Gasteiger partial charge in [-0.3, -0.25) is 0 Å².